The minimum atomic E-state index is -0.387. The van der Waals surface area contributed by atoms with Crippen LogP contribution in [0.3, 0.4) is 0 Å². The largest absolute Gasteiger partial charge is 0.495 e. The smallest absolute Gasteiger partial charge is 0.332 e. The van der Waals surface area contributed by atoms with E-state index in [2.05, 4.69) is 4.90 Å². The van der Waals surface area contributed by atoms with Crippen LogP contribution in [0, 0.1) is 6.92 Å². The van der Waals surface area contributed by atoms with Crippen LogP contribution in [0.15, 0.2) is 27.8 Å². The molecule has 3 heterocycles. The van der Waals surface area contributed by atoms with E-state index in [1.54, 1.807) is 14.2 Å². The van der Waals surface area contributed by atoms with Crippen LogP contribution in [0.2, 0.25) is 0 Å². The van der Waals surface area contributed by atoms with Crippen molar-refractivity contribution < 1.29 is 9.47 Å². The van der Waals surface area contributed by atoms with Crippen molar-refractivity contribution in [1.82, 2.24) is 18.7 Å². The third-order valence-electron chi connectivity index (χ3n) is 5.51. The van der Waals surface area contributed by atoms with Crippen LogP contribution in [0.25, 0.3) is 11.2 Å². The van der Waals surface area contributed by atoms with Crippen molar-refractivity contribution >= 4 is 22.8 Å². The summed E-state index contributed by atoms with van der Waals surface area (Å²) >= 11 is 0. The Morgan fingerprint density at radius 2 is 2.00 bits per heavy atom. The molecule has 0 radical (unpaired) electrons. The van der Waals surface area contributed by atoms with Gasteiger partial charge in [0, 0.05) is 26.7 Å². The number of aryl methyl sites for hydroxylation is 3. The Morgan fingerprint density at radius 3 is 2.73 bits per heavy atom. The van der Waals surface area contributed by atoms with Crippen LogP contribution < -0.4 is 20.9 Å². The van der Waals surface area contributed by atoms with E-state index in [0.29, 0.717) is 36.9 Å². The summed E-state index contributed by atoms with van der Waals surface area (Å²) in [6.07, 6.45) is 0.844. The quantitative estimate of drug-likeness (QED) is 0.573. The molecular weight excluding hydrogens is 386 g/mol. The minimum absolute atomic E-state index is 0.214. The lowest BCUT2D eigenvalue weighted by Gasteiger charge is -2.30. The predicted molar refractivity (Wildman–Crippen MR) is 115 cm³/mol. The molecule has 2 aromatic heterocycles. The maximum absolute atomic E-state index is 13.2. The first kappa shape index (κ1) is 20.2. The van der Waals surface area contributed by atoms with Gasteiger partial charge in [-0.1, -0.05) is 6.07 Å². The molecule has 1 aromatic carbocycles. The van der Waals surface area contributed by atoms with Crippen molar-refractivity contribution in [3.8, 4) is 5.75 Å². The fraction of sp³-hybridized carbons (Fsp3) is 0.476. The molecule has 30 heavy (non-hydrogen) atoms. The van der Waals surface area contributed by atoms with Crippen molar-refractivity contribution in [3.05, 3.63) is 44.6 Å². The molecule has 1 aliphatic rings. The average Bonchev–Trinajstić information content (AvgIpc) is 3.14. The van der Waals surface area contributed by atoms with Crippen molar-refractivity contribution in [2.75, 3.05) is 31.8 Å². The van der Waals surface area contributed by atoms with E-state index in [9.17, 15) is 9.59 Å². The van der Waals surface area contributed by atoms with Gasteiger partial charge in [0.05, 0.1) is 25.9 Å². The van der Waals surface area contributed by atoms with Crippen LogP contribution in [0.4, 0.5) is 11.6 Å². The van der Waals surface area contributed by atoms with Gasteiger partial charge in [-0.25, -0.2) is 4.79 Å². The molecule has 0 bridgehead atoms. The number of aromatic nitrogens is 4. The number of hydrogen-bond donors (Lipinski definition) is 0. The van der Waals surface area contributed by atoms with Gasteiger partial charge in [-0.3, -0.25) is 13.9 Å². The molecule has 9 heteroatoms. The lowest BCUT2D eigenvalue weighted by Crippen LogP contribution is -2.40. The molecule has 0 saturated carbocycles. The Hall–Kier alpha value is -3.07. The number of imidazole rings is 1. The monoisotopic (exact) mass is 413 g/mol. The van der Waals surface area contributed by atoms with E-state index < -0.39 is 0 Å². The summed E-state index contributed by atoms with van der Waals surface area (Å²) in [5.41, 5.74) is 2.12. The van der Waals surface area contributed by atoms with Crippen LogP contribution in [-0.4, -0.2) is 45.6 Å². The Kier molecular flexibility index (Phi) is 5.38. The maximum Gasteiger partial charge on any atom is 0.332 e. The van der Waals surface area contributed by atoms with Gasteiger partial charge >= 0.3 is 5.69 Å². The number of nitrogens with zero attached hydrogens (tertiary/aromatic N) is 5. The van der Waals surface area contributed by atoms with Crippen molar-refractivity contribution in [1.29, 1.82) is 0 Å². The number of methoxy groups -OCH3 is 1. The molecule has 0 fully saturated rings. The highest BCUT2D eigenvalue weighted by Gasteiger charge is 2.28. The third kappa shape index (κ3) is 3.19. The summed E-state index contributed by atoms with van der Waals surface area (Å²) in [4.78, 5) is 32.8. The van der Waals surface area contributed by atoms with Crippen LogP contribution >= 0.6 is 0 Å². The first-order valence-corrected chi connectivity index (χ1v) is 10.2. The van der Waals surface area contributed by atoms with E-state index >= 15 is 0 Å². The SMILES string of the molecule is CCOCCn1c(=O)c2c(nc3n2CCCN3c2cc(C)ccc2OC)n(C)c1=O. The van der Waals surface area contributed by atoms with E-state index in [4.69, 9.17) is 14.5 Å². The van der Waals surface area contributed by atoms with E-state index in [0.717, 1.165) is 30.0 Å². The first-order valence-electron chi connectivity index (χ1n) is 10.2. The molecule has 0 spiro atoms. The van der Waals surface area contributed by atoms with E-state index in [-0.39, 0.29) is 17.8 Å². The Morgan fingerprint density at radius 1 is 1.20 bits per heavy atom. The Balaban J connectivity index is 1.92. The Bertz CT molecular complexity index is 1210. The fourth-order valence-electron chi connectivity index (χ4n) is 4.00. The highest BCUT2D eigenvalue weighted by Crippen LogP contribution is 2.37. The number of hydrogen-bond acceptors (Lipinski definition) is 6. The summed E-state index contributed by atoms with van der Waals surface area (Å²) < 4.78 is 15.5. The zero-order chi connectivity index (χ0) is 21.4. The standard InChI is InChI=1S/C21H27N5O4/c1-5-30-12-11-26-19(27)17-18(23(3)21(26)28)22-20-24(9-6-10-25(17)20)15-13-14(2)7-8-16(15)29-4/h7-8,13H,5-6,9-12H2,1-4H3. The van der Waals surface area contributed by atoms with Crippen molar-refractivity contribution in [2.45, 2.75) is 33.4 Å². The molecule has 4 rings (SSSR count). The predicted octanol–water partition coefficient (Wildman–Crippen LogP) is 1.79. The molecule has 0 N–H and O–H groups in total. The molecule has 0 atom stereocenters. The summed E-state index contributed by atoms with van der Waals surface area (Å²) in [5, 5.41) is 0. The zero-order valence-electron chi connectivity index (χ0n) is 17.8. The second-order valence-corrected chi connectivity index (χ2v) is 7.41. The molecule has 1 aliphatic heterocycles. The second kappa shape index (κ2) is 7.98. The van der Waals surface area contributed by atoms with Gasteiger partial charge in [0.2, 0.25) is 5.95 Å². The van der Waals surface area contributed by atoms with Gasteiger partial charge in [0.25, 0.3) is 5.56 Å². The molecule has 0 saturated heterocycles. The maximum atomic E-state index is 13.2. The third-order valence-corrected chi connectivity index (χ3v) is 5.51. The molecule has 3 aromatic rings. The zero-order valence-corrected chi connectivity index (χ0v) is 17.8. The topological polar surface area (TPSA) is 83.5 Å². The van der Waals surface area contributed by atoms with Gasteiger partial charge in [-0.05, 0) is 38.0 Å². The summed E-state index contributed by atoms with van der Waals surface area (Å²) in [7, 11) is 3.29. The fourth-order valence-corrected chi connectivity index (χ4v) is 4.00. The lowest BCUT2D eigenvalue weighted by atomic mass is 10.1. The first-order chi connectivity index (χ1) is 14.5. The number of anilines is 2. The molecule has 0 unspecified atom stereocenters. The molecule has 0 amide bonds. The van der Waals surface area contributed by atoms with Gasteiger partial charge in [-0.15, -0.1) is 0 Å². The van der Waals surface area contributed by atoms with E-state index in [1.807, 2.05) is 36.6 Å². The molecule has 0 aliphatic carbocycles. The molecule has 9 nitrogen and oxygen atoms in total. The Labute approximate surface area is 174 Å². The molecule has 160 valence electrons. The van der Waals surface area contributed by atoms with E-state index in [1.165, 1.54) is 9.13 Å². The van der Waals surface area contributed by atoms with Gasteiger partial charge in [0.1, 0.15) is 5.75 Å². The summed E-state index contributed by atoms with van der Waals surface area (Å²) in [6, 6.07) is 5.98. The van der Waals surface area contributed by atoms with Crippen molar-refractivity contribution in [2.24, 2.45) is 7.05 Å². The second-order valence-electron chi connectivity index (χ2n) is 7.41. The van der Waals surface area contributed by atoms with Gasteiger partial charge < -0.3 is 18.9 Å². The van der Waals surface area contributed by atoms with Gasteiger partial charge in [0.15, 0.2) is 11.2 Å². The normalized spacial score (nSPS) is 13.7. The number of ether oxygens (including phenoxy) is 2. The average molecular weight is 413 g/mol. The van der Waals surface area contributed by atoms with Crippen LogP contribution in [0.5, 0.6) is 5.75 Å². The summed E-state index contributed by atoms with van der Waals surface area (Å²) in [6.45, 7) is 6.37. The molecular formula is C21H27N5O4. The number of benzene rings is 1. The summed E-state index contributed by atoms with van der Waals surface area (Å²) in [5.74, 6) is 1.39. The minimum Gasteiger partial charge on any atom is -0.495 e. The lowest BCUT2D eigenvalue weighted by molar-refractivity contribution is 0.137. The number of rotatable bonds is 6. The van der Waals surface area contributed by atoms with Crippen LogP contribution in [0.1, 0.15) is 18.9 Å². The highest BCUT2D eigenvalue weighted by molar-refractivity contribution is 5.78. The van der Waals surface area contributed by atoms with Crippen LogP contribution in [-0.2, 0) is 24.9 Å². The van der Waals surface area contributed by atoms with Gasteiger partial charge in [-0.2, -0.15) is 4.98 Å². The van der Waals surface area contributed by atoms with Crippen molar-refractivity contribution in [3.63, 3.8) is 0 Å². The highest BCUT2D eigenvalue weighted by atomic mass is 16.5. The number of fused-ring (bicyclic) bond motifs is 3.